The van der Waals surface area contributed by atoms with Crippen LogP contribution >= 0.6 is 0 Å². The number of ether oxygens (including phenoxy) is 2. The highest BCUT2D eigenvalue weighted by molar-refractivity contribution is 7.90. The number of hydrogen-bond acceptors (Lipinski definition) is 5. The average Bonchev–Trinajstić information content (AvgIpc) is 2.52. The van der Waals surface area contributed by atoms with Crippen molar-refractivity contribution in [1.82, 2.24) is 0 Å². The van der Waals surface area contributed by atoms with Gasteiger partial charge in [-0.1, -0.05) is 18.2 Å². The summed E-state index contributed by atoms with van der Waals surface area (Å²) in [4.78, 5) is 0.297. The van der Waals surface area contributed by atoms with Crippen LogP contribution in [0.1, 0.15) is 0 Å². The second-order valence-electron chi connectivity index (χ2n) is 4.80. The van der Waals surface area contributed by atoms with Crippen molar-refractivity contribution in [1.29, 1.82) is 0 Å². The molecule has 0 saturated carbocycles. The van der Waals surface area contributed by atoms with E-state index in [1.54, 1.807) is 31.4 Å². The number of nitrogens with two attached hydrogens (primary N) is 1. The zero-order valence-electron chi connectivity index (χ0n) is 12.6. The van der Waals surface area contributed by atoms with Gasteiger partial charge in [-0.2, -0.15) is 0 Å². The monoisotopic (exact) mass is 321 g/mol. The Hall–Kier alpha value is -2.05. The molecule has 0 aromatic heterocycles. The summed E-state index contributed by atoms with van der Waals surface area (Å²) in [5.41, 5.74) is 7.24. The highest BCUT2D eigenvalue weighted by atomic mass is 32.2. The Labute approximate surface area is 130 Å². The third kappa shape index (κ3) is 3.78. The lowest BCUT2D eigenvalue weighted by atomic mass is 10.1. The number of benzene rings is 2. The first-order chi connectivity index (χ1) is 10.5. The van der Waals surface area contributed by atoms with E-state index >= 15 is 0 Å². The fourth-order valence-electron chi connectivity index (χ4n) is 2.03. The number of rotatable bonds is 6. The predicted molar refractivity (Wildman–Crippen MR) is 86.1 cm³/mol. The molecule has 0 fully saturated rings. The van der Waals surface area contributed by atoms with E-state index in [9.17, 15) is 8.42 Å². The summed E-state index contributed by atoms with van der Waals surface area (Å²) in [7, 11) is -1.62. The number of methoxy groups -OCH3 is 1. The maximum atomic E-state index is 11.5. The van der Waals surface area contributed by atoms with Crippen LogP contribution in [-0.2, 0) is 9.84 Å². The van der Waals surface area contributed by atoms with Crippen LogP contribution in [0, 0.1) is 0 Å². The molecule has 0 spiro atoms. The van der Waals surface area contributed by atoms with Crippen LogP contribution in [0.2, 0.25) is 0 Å². The third-order valence-electron chi connectivity index (χ3n) is 3.15. The third-order valence-corrected chi connectivity index (χ3v) is 4.28. The van der Waals surface area contributed by atoms with E-state index in [4.69, 9.17) is 15.2 Å². The molecule has 0 aliphatic carbocycles. The van der Waals surface area contributed by atoms with Gasteiger partial charge in [-0.25, -0.2) is 8.42 Å². The van der Waals surface area contributed by atoms with Crippen molar-refractivity contribution in [3.05, 3.63) is 42.5 Å². The largest absolute Gasteiger partial charge is 0.493 e. The lowest BCUT2D eigenvalue weighted by molar-refractivity contribution is 0.302. The van der Waals surface area contributed by atoms with Gasteiger partial charge in [0.05, 0.1) is 12.0 Å². The summed E-state index contributed by atoms with van der Waals surface area (Å²) < 4.78 is 33.8. The molecule has 2 aromatic rings. The van der Waals surface area contributed by atoms with Gasteiger partial charge in [0, 0.05) is 12.8 Å². The molecule has 0 saturated heterocycles. The Kier molecular flexibility index (Phi) is 5.05. The van der Waals surface area contributed by atoms with Gasteiger partial charge in [-0.15, -0.1) is 0 Å². The minimum absolute atomic E-state index is 0.297. The normalized spacial score (nSPS) is 11.2. The zero-order valence-corrected chi connectivity index (χ0v) is 13.4. The fourth-order valence-corrected chi connectivity index (χ4v) is 2.66. The van der Waals surface area contributed by atoms with Crippen LogP contribution < -0.4 is 15.2 Å². The molecule has 0 atom stereocenters. The van der Waals surface area contributed by atoms with Crippen molar-refractivity contribution in [3.63, 3.8) is 0 Å². The molecule has 0 unspecified atom stereocenters. The first-order valence-corrected chi connectivity index (χ1v) is 8.66. The van der Waals surface area contributed by atoms with Crippen molar-refractivity contribution < 1.29 is 17.9 Å². The maximum absolute atomic E-state index is 11.5. The highest BCUT2D eigenvalue weighted by Crippen LogP contribution is 2.32. The van der Waals surface area contributed by atoms with Crippen molar-refractivity contribution in [2.75, 3.05) is 26.5 Å². The van der Waals surface area contributed by atoms with Gasteiger partial charge in [0.25, 0.3) is 0 Å². The van der Waals surface area contributed by atoms with Crippen molar-refractivity contribution in [2.24, 2.45) is 5.73 Å². The zero-order chi connectivity index (χ0) is 16.2. The van der Waals surface area contributed by atoms with Crippen LogP contribution in [0.3, 0.4) is 0 Å². The first-order valence-electron chi connectivity index (χ1n) is 6.77. The Morgan fingerprint density at radius 3 is 2.18 bits per heavy atom. The second-order valence-corrected chi connectivity index (χ2v) is 6.82. The van der Waals surface area contributed by atoms with Crippen LogP contribution in [0.15, 0.2) is 47.4 Å². The molecule has 0 amide bonds. The molecule has 2 aromatic carbocycles. The minimum atomic E-state index is -3.19. The summed E-state index contributed by atoms with van der Waals surface area (Å²) in [5, 5.41) is 0. The summed E-state index contributed by atoms with van der Waals surface area (Å²) in [6, 6.07) is 12.3. The Morgan fingerprint density at radius 2 is 1.64 bits per heavy atom. The quantitative estimate of drug-likeness (QED) is 0.881. The smallest absolute Gasteiger partial charge is 0.175 e. The average molecular weight is 321 g/mol. The van der Waals surface area contributed by atoms with Gasteiger partial charge >= 0.3 is 0 Å². The SMILES string of the molecule is COc1cc(-c2ccc(S(C)(=O)=O)cc2)ccc1OCCN. The van der Waals surface area contributed by atoms with Crippen molar-refractivity contribution in [2.45, 2.75) is 4.90 Å². The van der Waals surface area contributed by atoms with Crippen LogP contribution in [0.4, 0.5) is 0 Å². The van der Waals surface area contributed by atoms with Gasteiger partial charge in [0.2, 0.25) is 0 Å². The molecular weight excluding hydrogens is 302 g/mol. The number of sulfone groups is 1. The Balaban J connectivity index is 2.33. The summed E-state index contributed by atoms with van der Waals surface area (Å²) >= 11 is 0. The highest BCUT2D eigenvalue weighted by Gasteiger charge is 2.09. The maximum Gasteiger partial charge on any atom is 0.175 e. The first kappa shape index (κ1) is 16.3. The molecule has 0 bridgehead atoms. The molecule has 0 radical (unpaired) electrons. The second kappa shape index (κ2) is 6.81. The molecule has 2 N–H and O–H groups in total. The van der Waals surface area contributed by atoms with E-state index < -0.39 is 9.84 Å². The lowest BCUT2D eigenvalue weighted by Gasteiger charge is -2.12. The molecule has 2 rings (SSSR count). The van der Waals surface area contributed by atoms with Crippen LogP contribution in [0.25, 0.3) is 11.1 Å². The Bertz CT molecular complexity index is 739. The van der Waals surface area contributed by atoms with Crippen molar-refractivity contribution in [3.8, 4) is 22.6 Å². The minimum Gasteiger partial charge on any atom is -0.493 e. The van der Waals surface area contributed by atoms with E-state index in [1.165, 1.54) is 6.26 Å². The standard InChI is InChI=1S/C16H19NO4S/c1-20-16-11-13(5-8-15(16)21-10-9-17)12-3-6-14(7-4-12)22(2,18)19/h3-8,11H,9-10,17H2,1-2H3. The van der Waals surface area contributed by atoms with E-state index in [-0.39, 0.29) is 0 Å². The summed E-state index contributed by atoms with van der Waals surface area (Å²) in [6.45, 7) is 0.844. The number of hydrogen-bond donors (Lipinski definition) is 1. The van der Waals surface area contributed by atoms with Crippen LogP contribution in [0.5, 0.6) is 11.5 Å². The fraction of sp³-hybridized carbons (Fsp3) is 0.250. The van der Waals surface area contributed by atoms with Crippen LogP contribution in [-0.4, -0.2) is 34.9 Å². The summed E-state index contributed by atoms with van der Waals surface area (Å²) in [5.74, 6) is 1.24. The Morgan fingerprint density at radius 1 is 1.00 bits per heavy atom. The molecular formula is C16H19NO4S. The molecule has 5 nitrogen and oxygen atoms in total. The summed E-state index contributed by atoms with van der Waals surface area (Å²) in [6.07, 6.45) is 1.19. The molecule has 0 heterocycles. The van der Waals surface area contributed by atoms with Gasteiger partial charge in [-0.3, -0.25) is 0 Å². The van der Waals surface area contributed by atoms with Gasteiger partial charge in [-0.05, 0) is 35.4 Å². The van der Waals surface area contributed by atoms with E-state index in [0.29, 0.717) is 29.5 Å². The van der Waals surface area contributed by atoms with E-state index in [1.807, 2.05) is 18.2 Å². The molecule has 6 heteroatoms. The predicted octanol–water partition coefficient (Wildman–Crippen LogP) is 2.10. The van der Waals surface area contributed by atoms with Gasteiger partial charge in [0.15, 0.2) is 21.3 Å². The molecule has 0 aliphatic heterocycles. The molecule has 0 aliphatic rings. The van der Waals surface area contributed by atoms with Gasteiger partial charge in [0.1, 0.15) is 6.61 Å². The molecule has 118 valence electrons. The lowest BCUT2D eigenvalue weighted by Crippen LogP contribution is -2.11. The topological polar surface area (TPSA) is 78.6 Å². The van der Waals surface area contributed by atoms with E-state index in [2.05, 4.69) is 0 Å². The van der Waals surface area contributed by atoms with Crippen molar-refractivity contribution >= 4 is 9.84 Å². The van der Waals surface area contributed by atoms with Gasteiger partial charge < -0.3 is 15.2 Å². The van der Waals surface area contributed by atoms with E-state index in [0.717, 1.165) is 11.1 Å². The molecule has 22 heavy (non-hydrogen) atoms.